The Morgan fingerprint density at radius 1 is 1.24 bits per heavy atom. The molecule has 29 heavy (non-hydrogen) atoms. The number of carbonyl (C=O) groups excluding carboxylic acids is 1. The number of furan rings is 1. The fourth-order valence-corrected chi connectivity index (χ4v) is 3.63. The molecule has 0 radical (unpaired) electrons. The third-order valence-electron chi connectivity index (χ3n) is 4.89. The molecule has 0 aliphatic heterocycles. The molecule has 154 valence electrons. The molecule has 0 bridgehead atoms. The van der Waals surface area contributed by atoms with Gasteiger partial charge in [0.05, 0.1) is 18.5 Å². The number of guanidine groups is 1. The van der Waals surface area contributed by atoms with Crippen molar-refractivity contribution in [2.75, 3.05) is 12.4 Å². The van der Waals surface area contributed by atoms with Crippen LogP contribution in [-0.4, -0.2) is 24.7 Å². The highest BCUT2D eigenvalue weighted by Crippen LogP contribution is 2.39. The molecule has 1 aliphatic rings. The number of amides is 1. The molecule has 1 aromatic heterocycles. The molecule has 2 aromatic rings. The van der Waals surface area contributed by atoms with Crippen LogP contribution in [0.4, 0.5) is 5.69 Å². The molecule has 5 N–H and O–H groups in total. The number of fused-ring (bicyclic) bond motifs is 1. The fourth-order valence-electron chi connectivity index (χ4n) is 3.63. The van der Waals surface area contributed by atoms with Gasteiger partial charge in [0, 0.05) is 17.5 Å². The summed E-state index contributed by atoms with van der Waals surface area (Å²) in [6, 6.07) is 5.58. The Hall–Kier alpha value is -3.29. The van der Waals surface area contributed by atoms with Gasteiger partial charge in [-0.25, -0.2) is 0 Å². The van der Waals surface area contributed by atoms with Gasteiger partial charge in [0.25, 0.3) is 5.91 Å². The number of rotatable bonds is 4. The lowest BCUT2D eigenvalue weighted by Crippen LogP contribution is -2.27. The Bertz CT molecular complexity index is 1010. The van der Waals surface area contributed by atoms with Crippen LogP contribution in [0.5, 0.6) is 5.75 Å². The SMILES string of the molecule is COc1ccc(C)cc1NC(=O)c1oc2c(c1C)/C(=N\N=C(N)N)CC(C)(C)C2. The van der Waals surface area contributed by atoms with E-state index in [4.69, 9.17) is 20.6 Å². The van der Waals surface area contributed by atoms with Gasteiger partial charge in [-0.1, -0.05) is 19.9 Å². The lowest BCUT2D eigenvalue weighted by molar-refractivity contribution is 0.0992. The summed E-state index contributed by atoms with van der Waals surface area (Å²) in [4.78, 5) is 13.0. The van der Waals surface area contributed by atoms with Gasteiger partial charge >= 0.3 is 0 Å². The molecule has 0 saturated heterocycles. The standard InChI is InChI=1S/C21H27N5O3/c1-11-6-7-15(28-5)13(8-11)24-19(27)18-12(2)17-14(25-26-20(22)23)9-21(3,4)10-16(17)29-18/h6-8H,9-10H2,1-5H3,(H,24,27)(H4,22,23,26)/b25-14-. The first-order valence-electron chi connectivity index (χ1n) is 9.35. The highest BCUT2D eigenvalue weighted by molar-refractivity contribution is 6.09. The Labute approximate surface area is 170 Å². The van der Waals surface area contributed by atoms with Crippen LogP contribution in [0, 0.1) is 19.3 Å². The summed E-state index contributed by atoms with van der Waals surface area (Å²) in [5, 5.41) is 10.9. The minimum absolute atomic E-state index is 0.0947. The Kier molecular flexibility index (Phi) is 5.37. The monoisotopic (exact) mass is 397 g/mol. The van der Waals surface area contributed by atoms with Crippen LogP contribution in [0.2, 0.25) is 0 Å². The van der Waals surface area contributed by atoms with Crippen LogP contribution in [0.25, 0.3) is 0 Å². The molecule has 1 aromatic carbocycles. The van der Waals surface area contributed by atoms with Gasteiger partial charge in [-0.3, -0.25) is 4.79 Å². The lowest BCUT2D eigenvalue weighted by Gasteiger charge is -2.29. The molecule has 0 unspecified atom stereocenters. The van der Waals surface area contributed by atoms with Crippen molar-refractivity contribution in [3.8, 4) is 5.75 Å². The molecule has 8 nitrogen and oxygen atoms in total. The van der Waals surface area contributed by atoms with E-state index in [1.165, 1.54) is 0 Å². The number of aryl methyl sites for hydroxylation is 1. The lowest BCUT2D eigenvalue weighted by atomic mass is 9.75. The summed E-state index contributed by atoms with van der Waals surface area (Å²) in [6.07, 6.45) is 1.36. The van der Waals surface area contributed by atoms with E-state index in [9.17, 15) is 4.79 Å². The van der Waals surface area contributed by atoms with E-state index in [0.29, 0.717) is 41.3 Å². The summed E-state index contributed by atoms with van der Waals surface area (Å²) in [6.45, 7) is 8.00. The highest BCUT2D eigenvalue weighted by atomic mass is 16.5. The maximum absolute atomic E-state index is 13.0. The highest BCUT2D eigenvalue weighted by Gasteiger charge is 2.36. The second kappa shape index (κ2) is 7.62. The molecule has 0 saturated carbocycles. The van der Waals surface area contributed by atoms with Crippen LogP contribution in [0.15, 0.2) is 32.8 Å². The maximum atomic E-state index is 13.0. The van der Waals surface area contributed by atoms with E-state index in [0.717, 1.165) is 11.1 Å². The van der Waals surface area contributed by atoms with E-state index in [1.807, 2.05) is 32.0 Å². The number of ether oxygens (including phenoxy) is 1. The van der Waals surface area contributed by atoms with Gasteiger partial charge in [-0.05, 0) is 43.4 Å². The number of methoxy groups -OCH3 is 1. The first-order chi connectivity index (χ1) is 13.6. The molecule has 1 heterocycles. The van der Waals surface area contributed by atoms with E-state index < -0.39 is 0 Å². The maximum Gasteiger partial charge on any atom is 0.291 e. The Morgan fingerprint density at radius 2 is 1.97 bits per heavy atom. The summed E-state index contributed by atoms with van der Waals surface area (Å²) >= 11 is 0. The van der Waals surface area contributed by atoms with E-state index in [1.54, 1.807) is 7.11 Å². The minimum Gasteiger partial charge on any atom is -0.495 e. The third kappa shape index (κ3) is 4.26. The number of nitrogens with two attached hydrogens (primary N) is 2. The molecule has 1 amide bonds. The smallest absolute Gasteiger partial charge is 0.291 e. The number of carbonyl (C=O) groups is 1. The van der Waals surface area contributed by atoms with Crippen LogP contribution >= 0.6 is 0 Å². The Morgan fingerprint density at radius 3 is 2.62 bits per heavy atom. The average Bonchev–Trinajstić information content (AvgIpc) is 2.95. The Balaban J connectivity index is 2.01. The predicted molar refractivity (Wildman–Crippen MR) is 114 cm³/mol. The summed E-state index contributed by atoms with van der Waals surface area (Å²) < 4.78 is 11.3. The third-order valence-corrected chi connectivity index (χ3v) is 4.89. The molecule has 0 atom stereocenters. The van der Waals surface area contributed by atoms with Crippen molar-refractivity contribution in [3.05, 3.63) is 46.4 Å². The molecule has 8 heteroatoms. The van der Waals surface area contributed by atoms with Gasteiger partial charge in [0.1, 0.15) is 11.5 Å². The summed E-state index contributed by atoms with van der Waals surface area (Å²) in [5.41, 5.74) is 14.6. The normalized spacial score (nSPS) is 16.2. The molecule has 0 fully saturated rings. The predicted octanol–water partition coefficient (Wildman–Crippen LogP) is 3.11. The van der Waals surface area contributed by atoms with Crippen molar-refractivity contribution in [1.82, 2.24) is 0 Å². The van der Waals surface area contributed by atoms with Gasteiger partial charge in [-0.15, -0.1) is 5.10 Å². The zero-order valence-electron chi connectivity index (χ0n) is 17.4. The van der Waals surface area contributed by atoms with Gasteiger partial charge in [-0.2, -0.15) is 5.10 Å². The van der Waals surface area contributed by atoms with Gasteiger partial charge < -0.3 is 25.9 Å². The topological polar surface area (TPSA) is 128 Å². The zero-order chi connectivity index (χ0) is 21.3. The van der Waals surface area contributed by atoms with Gasteiger partial charge in [0.15, 0.2) is 5.76 Å². The van der Waals surface area contributed by atoms with Crippen LogP contribution in [0.1, 0.15) is 53.3 Å². The van der Waals surface area contributed by atoms with Crippen LogP contribution < -0.4 is 21.5 Å². The number of hydrogen-bond acceptors (Lipinski definition) is 5. The molecular formula is C21H27N5O3. The first-order valence-corrected chi connectivity index (χ1v) is 9.35. The van der Waals surface area contributed by atoms with E-state index in [2.05, 4.69) is 29.4 Å². The van der Waals surface area contributed by atoms with Crippen molar-refractivity contribution in [1.29, 1.82) is 0 Å². The average molecular weight is 397 g/mol. The van der Waals surface area contributed by atoms with Crippen molar-refractivity contribution >= 4 is 23.3 Å². The number of benzene rings is 1. The van der Waals surface area contributed by atoms with Crippen molar-refractivity contribution < 1.29 is 13.9 Å². The quantitative estimate of drug-likeness (QED) is 0.415. The fraction of sp³-hybridized carbons (Fsp3) is 0.381. The number of nitrogens with zero attached hydrogens (tertiary/aromatic N) is 2. The molecule has 1 aliphatic carbocycles. The molecule has 0 spiro atoms. The van der Waals surface area contributed by atoms with Crippen LogP contribution in [-0.2, 0) is 6.42 Å². The second-order valence-electron chi connectivity index (χ2n) is 8.10. The largest absolute Gasteiger partial charge is 0.495 e. The number of nitrogens with one attached hydrogen (secondary N) is 1. The zero-order valence-corrected chi connectivity index (χ0v) is 17.4. The second-order valence-corrected chi connectivity index (χ2v) is 8.10. The number of anilines is 1. The summed E-state index contributed by atoms with van der Waals surface area (Å²) in [7, 11) is 1.56. The van der Waals surface area contributed by atoms with Crippen molar-refractivity contribution in [2.24, 2.45) is 27.1 Å². The van der Waals surface area contributed by atoms with Crippen LogP contribution in [0.3, 0.4) is 0 Å². The minimum atomic E-state index is -0.347. The molecule has 3 rings (SSSR count). The van der Waals surface area contributed by atoms with E-state index >= 15 is 0 Å². The van der Waals surface area contributed by atoms with Gasteiger partial charge in [0.2, 0.25) is 5.96 Å². The van der Waals surface area contributed by atoms with E-state index in [-0.39, 0.29) is 23.0 Å². The van der Waals surface area contributed by atoms with Crippen molar-refractivity contribution in [2.45, 2.75) is 40.5 Å². The number of hydrogen-bond donors (Lipinski definition) is 3. The molecular weight excluding hydrogens is 370 g/mol. The van der Waals surface area contributed by atoms with Crippen molar-refractivity contribution in [3.63, 3.8) is 0 Å². The summed E-state index contributed by atoms with van der Waals surface area (Å²) in [5.74, 6) is 1.07. The first kappa shape index (κ1) is 20.4.